The van der Waals surface area contributed by atoms with Crippen molar-refractivity contribution < 1.29 is 9.72 Å². The van der Waals surface area contributed by atoms with Crippen LogP contribution in [0.3, 0.4) is 0 Å². The number of carbonyl (C=O) groups is 1. The predicted octanol–water partition coefficient (Wildman–Crippen LogP) is 4.46. The number of aromatic nitrogens is 2. The van der Waals surface area contributed by atoms with Crippen molar-refractivity contribution in [2.45, 2.75) is 0 Å². The van der Waals surface area contributed by atoms with Gasteiger partial charge in [-0.25, -0.2) is 4.98 Å². The standard InChI is InChI=1S/C19H14N4O3S/c1-22-15-8-3-2-7-14(15)21-18(22)16-9-10-17(27-16)19(24)20-12-5-4-6-13(11-12)23(25)26/h2-11H,1H3,(H,20,24). The Morgan fingerprint density at radius 1 is 1.15 bits per heavy atom. The fourth-order valence-electron chi connectivity index (χ4n) is 2.84. The lowest BCUT2D eigenvalue weighted by Gasteiger charge is -2.03. The van der Waals surface area contributed by atoms with Crippen molar-refractivity contribution >= 4 is 39.7 Å². The van der Waals surface area contributed by atoms with Crippen LogP contribution in [-0.2, 0) is 7.05 Å². The summed E-state index contributed by atoms with van der Waals surface area (Å²) in [4.78, 5) is 28.9. The minimum Gasteiger partial charge on any atom is -0.326 e. The van der Waals surface area contributed by atoms with Crippen molar-refractivity contribution in [1.82, 2.24) is 9.55 Å². The van der Waals surface area contributed by atoms with E-state index >= 15 is 0 Å². The third-order valence-corrected chi connectivity index (χ3v) is 5.23. The zero-order valence-corrected chi connectivity index (χ0v) is 15.1. The zero-order valence-electron chi connectivity index (χ0n) is 14.2. The summed E-state index contributed by atoms with van der Waals surface area (Å²) in [5.41, 5.74) is 2.22. The van der Waals surface area contributed by atoms with E-state index in [9.17, 15) is 14.9 Å². The summed E-state index contributed by atoms with van der Waals surface area (Å²) >= 11 is 1.32. The Morgan fingerprint density at radius 3 is 2.74 bits per heavy atom. The summed E-state index contributed by atoms with van der Waals surface area (Å²) < 4.78 is 1.99. The molecule has 0 radical (unpaired) electrons. The average molecular weight is 378 g/mol. The van der Waals surface area contributed by atoms with E-state index in [1.807, 2.05) is 41.9 Å². The highest BCUT2D eigenvalue weighted by Gasteiger charge is 2.16. The molecule has 27 heavy (non-hydrogen) atoms. The maximum absolute atomic E-state index is 12.5. The van der Waals surface area contributed by atoms with E-state index in [4.69, 9.17) is 0 Å². The number of thiophene rings is 1. The first kappa shape index (κ1) is 16.9. The van der Waals surface area contributed by atoms with Crippen LogP contribution in [0, 0.1) is 10.1 Å². The van der Waals surface area contributed by atoms with Gasteiger partial charge >= 0.3 is 0 Å². The number of nitro benzene ring substituents is 1. The second kappa shape index (κ2) is 6.65. The molecule has 0 fully saturated rings. The van der Waals surface area contributed by atoms with Gasteiger partial charge in [-0.05, 0) is 30.3 Å². The summed E-state index contributed by atoms with van der Waals surface area (Å²) in [6.07, 6.45) is 0. The van der Waals surface area contributed by atoms with Gasteiger partial charge in [0.25, 0.3) is 11.6 Å². The Labute approximate surface area is 158 Å². The lowest BCUT2D eigenvalue weighted by atomic mass is 10.3. The summed E-state index contributed by atoms with van der Waals surface area (Å²) in [6.45, 7) is 0. The molecule has 134 valence electrons. The molecule has 0 aliphatic rings. The van der Waals surface area contributed by atoms with E-state index in [1.54, 1.807) is 12.1 Å². The number of benzene rings is 2. The van der Waals surface area contributed by atoms with Crippen LogP contribution in [0.1, 0.15) is 9.67 Å². The van der Waals surface area contributed by atoms with Crippen molar-refractivity contribution in [2.75, 3.05) is 5.32 Å². The summed E-state index contributed by atoms with van der Waals surface area (Å²) in [5, 5.41) is 13.6. The number of aryl methyl sites for hydroxylation is 1. The van der Waals surface area contributed by atoms with E-state index in [-0.39, 0.29) is 11.6 Å². The number of hydrogen-bond acceptors (Lipinski definition) is 5. The van der Waals surface area contributed by atoms with Gasteiger partial charge < -0.3 is 9.88 Å². The van der Waals surface area contributed by atoms with E-state index < -0.39 is 4.92 Å². The van der Waals surface area contributed by atoms with E-state index in [0.29, 0.717) is 10.6 Å². The minimum atomic E-state index is -0.495. The largest absolute Gasteiger partial charge is 0.326 e. The zero-order chi connectivity index (χ0) is 19.0. The summed E-state index contributed by atoms with van der Waals surface area (Å²) in [6, 6.07) is 17.3. The first-order chi connectivity index (χ1) is 13.0. The number of carbonyl (C=O) groups excluding carboxylic acids is 1. The van der Waals surface area contributed by atoms with Gasteiger partial charge in [0.2, 0.25) is 0 Å². The highest BCUT2D eigenvalue weighted by Crippen LogP contribution is 2.30. The second-order valence-electron chi connectivity index (χ2n) is 5.91. The molecule has 0 atom stereocenters. The molecule has 8 heteroatoms. The highest BCUT2D eigenvalue weighted by molar-refractivity contribution is 7.17. The number of para-hydroxylation sites is 2. The number of amides is 1. The van der Waals surface area contributed by atoms with Crippen molar-refractivity contribution in [2.24, 2.45) is 7.05 Å². The van der Waals surface area contributed by atoms with Gasteiger partial charge in [0, 0.05) is 24.9 Å². The van der Waals surface area contributed by atoms with Crippen LogP contribution in [0.4, 0.5) is 11.4 Å². The quantitative estimate of drug-likeness (QED) is 0.419. The first-order valence-electron chi connectivity index (χ1n) is 8.10. The van der Waals surface area contributed by atoms with Gasteiger partial charge in [0.15, 0.2) is 5.82 Å². The number of nitro groups is 1. The molecule has 2 aromatic carbocycles. The molecule has 7 nitrogen and oxygen atoms in total. The summed E-state index contributed by atoms with van der Waals surface area (Å²) in [7, 11) is 1.94. The van der Waals surface area contributed by atoms with Crippen LogP contribution in [0.25, 0.3) is 21.7 Å². The van der Waals surface area contributed by atoms with Gasteiger partial charge in [-0.3, -0.25) is 14.9 Å². The molecule has 0 bridgehead atoms. The molecule has 4 rings (SSSR count). The number of rotatable bonds is 4. The van der Waals surface area contributed by atoms with Gasteiger partial charge in [-0.2, -0.15) is 0 Å². The molecule has 0 unspecified atom stereocenters. The SMILES string of the molecule is Cn1c(-c2ccc(C(=O)Nc3cccc([N+](=O)[O-])c3)s2)nc2ccccc21. The maximum Gasteiger partial charge on any atom is 0.271 e. The Kier molecular flexibility index (Phi) is 4.17. The molecule has 1 N–H and O–H groups in total. The smallest absolute Gasteiger partial charge is 0.271 e. The fourth-order valence-corrected chi connectivity index (χ4v) is 3.76. The van der Waals surface area contributed by atoms with Crippen LogP contribution in [0.15, 0.2) is 60.7 Å². The molecule has 4 aromatic rings. The number of anilines is 1. The number of fused-ring (bicyclic) bond motifs is 1. The Balaban J connectivity index is 1.60. The molecule has 0 aliphatic heterocycles. The third-order valence-electron chi connectivity index (χ3n) is 4.15. The van der Waals surface area contributed by atoms with Crippen LogP contribution >= 0.6 is 11.3 Å². The second-order valence-corrected chi connectivity index (χ2v) is 6.99. The topological polar surface area (TPSA) is 90.1 Å². The van der Waals surface area contributed by atoms with Crippen LogP contribution < -0.4 is 5.32 Å². The number of nitrogens with zero attached hydrogens (tertiary/aromatic N) is 3. The Morgan fingerprint density at radius 2 is 1.96 bits per heavy atom. The molecule has 1 amide bonds. The van der Waals surface area contributed by atoms with Crippen molar-refractivity contribution in [3.8, 4) is 10.7 Å². The Hall–Kier alpha value is -3.52. The molecule has 0 saturated heterocycles. The number of hydrogen-bond donors (Lipinski definition) is 1. The molecule has 2 aromatic heterocycles. The van der Waals surface area contributed by atoms with Gasteiger partial charge in [0.05, 0.1) is 25.7 Å². The summed E-state index contributed by atoms with van der Waals surface area (Å²) in [5.74, 6) is 0.473. The maximum atomic E-state index is 12.5. The molecular formula is C19H14N4O3S. The van der Waals surface area contributed by atoms with Crippen LogP contribution in [-0.4, -0.2) is 20.4 Å². The Bertz CT molecular complexity index is 1180. The van der Waals surface area contributed by atoms with E-state index in [0.717, 1.165) is 21.7 Å². The van der Waals surface area contributed by atoms with Gasteiger partial charge in [-0.1, -0.05) is 18.2 Å². The van der Waals surface area contributed by atoms with Crippen molar-refractivity contribution in [3.63, 3.8) is 0 Å². The first-order valence-corrected chi connectivity index (χ1v) is 8.92. The molecule has 2 heterocycles. The number of imidazole rings is 1. The minimum absolute atomic E-state index is 0.0700. The fraction of sp³-hybridized carbons (Fsp3) is 0.0526. The van der Waals surface area contributed by atoms with Gasteiger partial charge in [0.1, 0.15) is 0 Å². The van der Waals surface area contributed by atoms with E-state index in [1.165, 1.54) is 29.5 Å². The van der Waals surface area contributed by atoms with Crippen molar-refractivity contribution in [1.29, 1.82) is 0 Å². The lowest BCUT2D eigenvalue weighted by Crippen LogP contribution is -2.10. The number of non-ortho nitro benzene ring substituents is 1. The number of nitrogens with one attached hydrogen (secondary N) is 1. The lowest BCUT2D eigenvalue weighted by molar-refractivity contribution is -0.384. The highest BCUT2D eigenvalue weighted by atomic mass is 32.1. The third kappa shape index (κ3) is 3.18. The molecule has 0 aliphatic carbocycles. The van der Waals surface area contributed by atoms with Crippen molar-refractivity contribution in [3.05, 3.63) is 75.7 Å². The molecule has 0 saturated carbocycles. The average Bonchev–Trinajstić information content (AvgIpc) is 3.27. The molecular weight excluding hydrogens is 364 g/mol. The van der Waals surface area contributed by atoms with Crippen LogP contribution in [0.5, 0.6) is 0 Å². The monoisotopic (exact) mass is 378 g/mol. The van der Waals surface area contributed by atoms with E-state index in [2.05, 4.69) is 10.3 Å². The molecule has 0 spiro atoms. The van der Waals surface area contributed by atoms with Crippen LogP contribution in [0.2, 0.25) is 0 Å². The normalized spacial score (nSPS) is 10.9. The van der Waals surface area contributed by atoms with Gasteiger partial charge in [-0.15, -0.1) is 11.3 Å². The predicted molar refractivity (Wildman–Crippen MR) is 105 cm³/mol.